The molecule has 6 nitrogen and oxygen atoms in total. The number of anilines is 1. The van der Waals surface area contributed by atoms with Crippen molar-refractivity contribution in [1.29, 1.82) is 0 Å². The van der Waals surface area contributed by atoms with Crippen LogP contribution in [0.4, 0.5) is 5.69 Å². The van der Waals surface area contributed by atoms with Gasteiger partial charge in [-0.2, -0.15) is 4.98 Å². The second-order valence-corrected chi connectivity index (χ2v) is 6.60. The number of hydrogen-bond donors (Lipinski definition) is 1. The van der Waals surface area contributed by atoms with Gasteiger partial charge in [0.25, 0.3) is 5.22 Å². The van der Waals surface area contributed by atoms with Gasteiger partial charge in [-0.1, -0.05) is 18.7 Å². The molecule has 1 atom stereocenters. The number of rotatable bonds is 6. The number of aromatic nitrogens is 2. The molecule has 0 bridgehead atoms. The quantitative estimate of drug-likeness (QED) is 0.532. The summed E-state index contributed by atoms with van der Waals surface area (Å²) in [6.45, 7) is 3.43. The molecule has 7 heteroatoms. The van der Waals surface area contributed by atoms with E-state index in [4.69, 9.17) is 4.42 Å². The lowest BCUT2D eigenvalue weighted by atomic mass is 10.1. The van der Waals surface area contributed by atoms with Crippen LogP contribution in [0.3, 0.4) is 0 Å². The molecule has 0 saturated heterocycles. The molecule has 0 fully saturated rings. The molecule has 2 aromatic heterocycles. The van der Waals surface area contributed by atoms with E-state index < -0.39 is 0 Å². The molecule has 0 radical (unpaired) electrons. The lowest BCUT2D eigenvalue weighted by Gasteiger charge is -2.12. The molecule has 1 aromatic carbocycles. The molecule has 1 N–H and O–H groups in total. The average molecular weight is 355 g/mol. The van der Waals surface area contributed by atoms with E-state index in [1.807, 2.05) is 6.92 Å². The van der Waals surface area contributed by atoms with E-state index >= 15 is 0 Å². The smallest absolute Gasteiger partial charge is 0.259 e. The molecule has 0 aliphatic carbocycles. The minimum absolute atomic E-state index is 0.00978. The Morgan fingerprint density at radius 1 is 1.24 bits per heavy atom. The highest BCUT2D eigenvalue weighted by Gasteiger charge is 2.21. The van der Waals surface area contributed by atoms with Crippen LogP contribution in [0.5, 0.6) is 0 Å². The van der Waals surface area contributed by atoms with Gasteiger partial charge in [-0.25, -0.2) is 4.98 Å². The Labute approximate surface area is 149 Å². The van der Waals surface area contributed by atoms with E-state index in [1.54, 1.807) is 42.6 Å². The van der Waals surface area contributed by atoms with Crippen molar-refractivity contribution in [2.24, 2.45) is 0 Å². The first-order valence-electron chi connectivity index (χ1n) is 7.87. The number of oxazole rings is 1. The number of nitrogens with one attached hydrogen (secondary N) is 1. The van der Waals surface area contributed by atoms with Gasteiger partial charge in [-0.05, 0) is 49.7 Å². The second-order valence-electron chi connectivity index (χ2n) is 5.44. The molecule has 0 spiro atoms. The van der Waals surface area contributed by atoms with Crippen LogP contribution in [0.15, 0.2) is 52.2 Å². The topological polar surface area (TPSA) is 85.1 Å². The molecule has 2 heterocycles. The summed E-state index contributed by atoms with van der Waals surface area (Å²) in [5, 5.41) is 2.93. The van der Waals surface area contributed by atoms with Gasteiger partial charge < -0.3 is 9.73 Å². The standard InChI is InChI=1S/C18H17N3O3S/c1-3-15(25-18-21-16-14(24-18)5-4-10-19-16)17(23)20-13-8-6-12(7-9-13)11(2)22/h4-10,15H,3H2,1-2H3,(H,20,23). The Morgan fingerprint density at radius 2 is 2.00 bits per heavy atom. The normalized spacial score (nSPS) is 12.1. The summed E-state index contributed by atoms with van der Waals surface area (Å²) in [4.78, 5) is 32.2. The predicted octanol–water partition coefficient (Wildman–Crippen LogP) is 3.93. The summed E-state index contributed by atoms with van der Waals surface area (Å²) in [6.07, 6.45) is 2.27. The Hall–Kier alpha value is -2.67. The molecular formula is C18H17N3O3S. The average Bonchev–Trinajstić information content (AvgIpc) is 3.02. The Bertz CT molecular complexity index is 872. The summed E-state index contributed by atoms with van der Waals surface area (Å²) in [5.74, 6) is -0.150. The first-order valence-corrected chi connectivity index (χ1v) is 8.75. The van der Waals surface area contributed by atoms with Gasteiger partial charge in [0.05, 0.1) is 5.25 Å². The highest BCUT2D eigenvalue weighted by atomic mass is 32.2. The second kappa shape index (κ2) is 7.48. The fraction of sp³-hybridized carbons (Fsp3) is 0.222. The summed E-state index contributed by atoms with van der Waals surface area (Å²) >= 11 is 1.27. The van der Waals surface area contributed by atoms with E-state index in [0.717, 1.165) is 0 Å². The molecule has 3 aromatic rings. The molecule has 25 heavy (non-hydrogen) atoms. The number of nitrogens with zero attached hydrogens (tertiary/aromatic N) is 2. The molecular weight excluding hydrogens is 338 g/mol. The van der Waals surface area contributed by atoms with Crippen LogP contribution >= 0.6 is 11.8 Å². The van der Waals surface area contributed by atoms with Gasteiger partial charge in [0.1, 0.15) is 0 Å². The van der Waals surface area contributed by atoms with Crippen LogP contribution in [-0.4, -0.2) is 26.9 Å². The van der Waals surface area contributed by atoms with Crippen molar-refractivity contribution in [2.45, 2.75) is 30.7 Å². The fourth-order valence-corrected chi connectivity index (χ4v) is 3.11. The predicted molar refractivity (Wildman–Crippen MR) is 96.8 cm³/mol. The number of benzene rings is 1. The maximum atomic E-state index is 12.5. The number of Topliss-reactive ketones (excluding diaryl/α,β-unsaturated/α-hetero) is 1. The van der Waals surface area contributed by atoms with Crippen molar-refractivity contribution < 1.29 is 14.0 Å². The minimum Gasteiger partial charge on any atom is -0.430 e. The Morgan fingerprint density at radius 3 is 2.64 bits per heavy atom. The van der Waals surface area contributed by atoms with Crippen LogP contribution < -0.4 is 5.32 Å². The summed E-state index contributed by atoms with van der Waals surface area (Å²) in [7, 11) is 0. The lowest BCUT2D eigenvalue weighted by molar-refractivity contribution is -0.115. The maximum Gasteiger partial charge on any atom is 0.259 e. The van der Waals surface area contributed by atoms with Crippen molar-refractivity contribution in [1.82, 2.24) is 9.97 Å². The van der Waals surface area contributed by atoms with Crippen LogP contribution in [0.25, 0.3) is 11.2 Å². The number of pyridine rings is 1. The van der Waals surface area contributed by atoms with Crippen LogP contribution in [0.2, 0.25) is 0 Å². The summed E-state index contributed by atoms with van der Waals surface area (Å²) < 4.78 is 5.61. The zero-order valence-corrected chi connectivity index (χ0v) is 14.7. The minimum atomic E-state index is -0.347. The van der Waals surface area contributed by atoms with Crippen LogP contribution in [-0.2, 0) is 4.79 Å². The number of ketones is 1. The zero-order chi connectivity index (χ0) is 17.8. The van der Waals surface area contributed by atoms with Gasteiger partial charge >= 0.3 is 0 Å². The number of carbonyl (C=O) groups is 2. The zero-order valence-electron chi connectivity index (χ0n) is 13.9. The summed E-state index contributed by atoms with van der Waals surface area (Å²) in [6, 6.07) is 10.4. The molecule has 0 aliphatic rings. The molecule has 3 rings (SSSR count). The van der Waals surface area contributed by atoms with E-state index in [2.05, 4.69) is 15.3 Å². The fourth-order valence-electron chi connectivity index (χ4n) is 2.25. The number of carbonyl (C=O) groups excluding carboxylic acids is 2. The highest BCUT2D eigenvalue weighted by Crippen LogP contribution is 2.28. The largest absolute Gasteiger partial charge is 0.430 e. The molecule has 128 valence electrons. The number of hydrogen-bond acceptors (Lipinski definition) is 6. The molecule has 1 amide bonds. The van der Waals surface area contributed by atoms with Gasteiger partial charge in [-0.3, -0.25) is 9.59 Å². The van der Waals surface area contributed by atoms with Crippen molar-refractivity contribution >= 4 is 40.4 Å². The third-order valence-corrected chi connectivity index (χ3v) is 4.82. The number of fused-ring (bicyclic) bond motifs is 1. The molecule has 1 unspecified atom stereocenters. The first-order chi connectivity index (χ1) is 12.1. The van der Waals surface area contributed by atoms with Crippen LogP contribution in [0.1, 0.15) is 30.6 Å². The highest BCUT2D eigenvalue weighted by molar-refractivity contribution is 8.00. The third-order valence-electron chi connectivity index (χ3n) is 3.61. The summed E-state index contributed by atoms with van der Waals surface area (Å²) in [5.41, 5.74) is 2.38. The molecule has 0 aliphatic heterocycles. The number of thioether (sulfide) groups is 1. The van der Waals surface area contributed by atoms with Crippen LogP contribution in [0, 0.1) is 0 Å². The van der Waals surface area contributed by atoms with Gasteiger partial charge in [-0.15, -0.1) is 0 Å². The Balaban J connectivity index is 1.69. The van der Waals surface area contributed by atoms with Crippen molar-refractivity contribution in [3.05, 3.63) is 48.2 Å². The Kier molecular flexibility index (Phi) is 5.14. The monoisotopic (exact) mass is 355 g/mol. The lowest BCUT2D eigenvalue weighted by Crippen LogP contribution is -2.24. The van der Waals surface area contributed by atoms with E-state index in [-0.39, 0.29) is 16.9 Å². The molecule has 0 saturated carbocycles. The number of amides is 1. The van der Waals surface area contributed by atoms with E-state index in [1.165, 1.54) is 18.7 Å². The van der Waals surface area contributed by atoms with Crippen molar-refractivity contribution in [2.75, 3.05) is 5.32 Å². The third kappa shape index (κ3) is 4.06. The first kappa shape index (κ1) is 17.2. The van der Waals surface area contributed by atoms with Gasteiger partial charge in [0.15, 0.2) is 17.0 Å². The maximum absolute atomic E-state index is 12.5. The van der Waals surface area contributed by atoms with Crippen molar-refractivity contribution in [3.8, 4) is 0 Å². The van der Waals surface area contributed by atoms with Gasteiger partial charge in [0.2, 0.25) is 5.91 Å². The van der Waals surface area contributed by atoms with E-state index in [9.17, 15) is 9.59 Å². The SMILES string of the molecule is CCC(Sc1nc2ncccc2o1)C(=O)Nc1ccc(C(C)=O)cc1. The van der Waals surface area contributed by atoms with Crippen molar-refractivity contribution in [3.63, 3.8) is 0 Å². The van der Waals surface area contributed by atoms with Gasteiger partial charge in [0, 0.05) is 17.4 Å². The van der Waals surface area contributed by atoms with E-state index in [0.29, 0.717) is 34.1 Å².